The molecule has 2 aliphatic rings. The molecule has 0 aliphatic carbocycles. The van der Waals surface area contributed by atoms with Crippen molar-refractivity contribution in [2.24, 2.45) is 0 Å². The minimum atomic E-state index is -0.656. The van der Waals surface area contributed by atoms with Gasteiger partial charge in [0.1, 0.15) is 12.7 Å². The first-order chi connectivity index (χ1) is 17.5. The Morgan fingerprint density at radius 1 is 1.06 bits per heavy atom. The summed E-state index contributed by atoms with van der Waals surface area (Å²) in [6, 6.07) is 14.7. The number of carbonyl (C=O) groups excluding carboxylic acids is 3. The van der Waals surface area contributed by atoms with Gasteiger partial charge in [-0.1, -0.05) is 48.5 Å². The van der Waals surface area contributed by atoms with E-state index in [4.69, 9.17) is 9.47 Å². The number of benzene rings is 2. The van der Waals surface area contributed by atoms with E-state index in [9.17, 15) is 14.4 Å². The van der Waals surface area contributed by atoms with Crippen molar-refractivity contribution < 1.29 is 23.9 Å². The number of methoxy groups -OCH3 is 2. The Hall–Kier alpha value is -4.05. The zero-order valence-electron chi connectivity index (χ0n) is 20.6. The maximum Gasteiger partial charge on any atom is 0.334 e. The standard InChI is InChI=1S/C26H31N5O5/c1-4-13-29-17-24(33)30-18-23(32)28(15-20-11-8-12-21(35-2)25(20)36-3)16-22(30)31(29)26(34)27-14-19-9-6-5-7-10-19/h4-12,22H,1,13-18H2,2-3H3,(H,27,34). The number of urea groups is 1. The van der Waals surface area contributed by atoms with Crippen molar-refractivity contribution >= 4 is 17.8 Å². The molecule has 4 amide bonds. The maximum atomic E-state index is 13.4. The second-order valence-corrected chi connectivity index (χ2v) is 8.55. The predicted octanol–water partition coefficient (Wildman–Crippen LogP) is 1.83. The Balaban J connectivity index is 1.58. The number of para-hydroxylation sites is 1. The third kappa shape index (κ3) is 5.13. The fraction of sp³-hybridized carbons (Fsp3) is 0.346. The summed E-state index contributed by atoms with van der Waals surface area (Å²) in [6.45, 7) is 4.69. The van der Waals surface area contributed by atoms with E-state index >= 15 is 0 Å². The minimum Gasteiger partial charge on any atom is -0.493 e. The predicted molar refractivity (Wildman–Crippen MR) is 133 cm³/mol. The number of fused-ring (bicyclic) bond motifs is 1. The summed E-state index contributed by atoms with van der Waals surface area (Å²) in [7, 11) is 3.10. The molecule has 0 bridgehead atoms. The molecule has 2 saturated heterocycles. The molecule has 1 N–H and O–H groups in total. The van der Waals surface area contributed by atoms with Crippen LogP contribution < -0.4 is 14.8 Å². The third-order valence-electron chi connectivity index (χ3n) is 6.31. The van der Waals surface area contributed by atoms with Gasteiger partial charge in [0.2, 0.25) is 11.8 Å². The van der Waals surface area contributed by atoms with Gasteiger partial charge in [-0.2, -0.15) is 0 Å². The number of carbonyl (C=O) groups is 3. The van der Waals surface area contributed by atoms with Crippen LogP contribution in [0.15, 0.2) is 61.2 Å². The van der Waals surface area contributed by atoms with Gasteiger partial charge in [-0.05, 0) is 11.6 Å². The topological polar surface area (TPSA) is 94.7 Å². The molecule has 1 atom stereocenters. The molecule has 0 radical (unpaired) electrons. The third-order valence-corrected chi connectivity index (χ3v) is 6.31. The number of hydrogen-bond donors (Lipinski definition) is 1. The van der Waals surface area contributed by atoms with Crippen LogP contribution in [0.3, 0.4) is 0 Å². The van der Waals surface area contributed by atoms with Gasteiger partial charge in [-0.15, -0.1) is 6.58 Å². The Bertz CT molecular complexity index is 1120. The minimum absolute atomic E-state index is 0.0156. The number of ether oxygens (including phenoxy) is 2. The first-order valence-corrected chi connectivity index (χ1v) is 11.7. The first kappa shape index (κ1) is 25.1. The summed E-state index contributed by atoms with van der Waals surface area (Å²) < 4.78 is 10.9. The van der Waals surface area contributed by atoms with Crippen LogP contribution in [-0.2, 0) is 22.7 Å². The lowest BCUT2D eigenvalue weighted by molar-refractivity contribution is -0.180. The molecular formula is C26H31N5O5. The molecule has 190 valence electrons. The molecule has 1 unspecified atom stereocenters. The van der Waals surface area contributed by atoms with Crippen LogP contribution in [0.4, 0.5) is 4.79 Å². The SMILES string of the molecule is C=CCN1CC(=O)N2CC(=O)N(Cc3cccc(OC)c3OC)CC2N1C(=O)NCc1ccccc1. The van der Waals surface area contributed by atoms with E-state index in [1.165, 1.54) is 9.91 Å². The van der Waals surface area contributed by atoms with E-state index in [-0.39, 0.29) is 44.0 Å². The lowest BCUT2D eigenvalue weighted by Gasteiger charge is -2.52. The zero-order chi connectivity index (χ0) is 25.7. The van der Waals surface area contributed by atoms with Gasteiger partial charge in [-0.25, -0.2) is 14.8 Å². The van der Waals surface area contributed by atoms with E-state index in [1.807, 2.05) is 42.5 Å². The summed E-state index contributed by atoms with van der Waals surface area (Å²) >= 11 is 0. The van der Waals surface area contributed by atoms with E-state index < -0.39 is 6.17 Å². The van der Waals surface area contributed by atoms with Crippen LogP contribution in [-0.4, -0.2) is 84.2 Å². The smallest absolute Gasteiger partial charge is 0.334 e. The normalized spacial score (nSPS) is 18.1. The molecule has 10 nitrogen and oxygen atoms in total. The highest BCUT2D eigenvalue weighted by atomic mass is 16.5. The average Bonchev–Trinajstić information content (AvgIpc) is 2.89. The molecule has 0 aromatic heterocycles. The fourth-order valence-corrected chi connectivity index (χ4v) is 4.58. The molecular weight excluding hydrogens is 462 g/mol. The highest BCUT2D eigenvalue weighted by Gasteiger charge is 2.46. The monoisotopic (exact) mass is 493 g/mol. The highest BCUT2D eigenvalue weighted by molar-refractivity contribution is 5.89. The van der Waals surface area contributed by atoms with Gasteiger partial charge in [-0.3, -0.25) is 9.59 Å². The van der Waals surface area contributed by atoms with Crippen LogP contribution in [0.25, 0.3) is 0 Å². The second kappa shape index (κ2) is 11.1. The van der Waals surface area contributed by atoms with E-state index in [0.29, 0.717) is 24.6 Å². The van der Waals surface area contributed by atoms with Gasteiger partial charge >= 0.3 is 6.03 Å². The van der Waals surface area contributed by atoms with Crippen molar-refractivity contribution in [3.05, 3.63) is 72.3 Å². The van der Waals surface area contributed by atoms with Gasteiger partial charge in [0, 0.05) is 25.2 Å². The fourth-order valence-electron chi connectivity index (χ4n) is 4.58. The maximum absolute atomic E-state index is 13.4. The lowest BCUT2D eigenvalue weighted by Crippen LogP contribution is -2.73. The Kier molecular flexibility index (Phi) is 7.74. The lowest BCUT2D eigenvalue weighted by atomic mass is 10.1. The summed E-state index contributed by atoms with van der Waals surface area (Å²) in [5.74, 6) is 0.695. The van der Waals surface area contributed by atoms with Crippen LogP contribution in [0, 0.1) is 0 Å². The van der Waals surface area contributed by atoms with Crippen molar-refractivity contribution in [2.75, 3.05) is 40.4 Å². The van der Waals surface area contributed by atoms with Gasteiger partial charge in [0.25, 0.3) is 0 Å². The molecule has 0 spiro atoms. The van der Waals surface area contributed by atoms with Crippen molar-refractivity contribution in [2.45, 2.75) is 19.3 Å². The quantitative estimate of drug-likeness (QED) is 0.564. The summed E-state index contributed by atoms with van der Waals surface area (Å²) in [5.41, 5.74) is 1.72. The van der Waals surface area contributed by atoms with E-state index in [0.717, 1.165) is 11.1 Å². The Morgan fingerprint density at radius 3 is 2.53 bits per heavy atom. The largest absolute Gasteiger partial charge is 0.493 e. The van der Waals surface area contributed by atoms with Crippen molar-refractivity contribution in [1.29, 1.82) is 0 Å². The molecule has 0 saturated carbocycles. The number of piperazine rings is 1. The van der Waals surface area contributed by atoms with Crippen molar-refractivity contribution in [3.8, 4) is 11.5 Å². The van der Waals surface area contributed by atoms with E-state index in [1.54, 1.807) is 36.3 Å². The van der Waals surface area contributed by atoms with Crippen LogP contribution in [0.2, 0.25) is 0 Å². The van der Waals surface area contributed by atoms with Crippen molar-refractivity contribution in [1.82, 2.24) is 25.1 Å². The van der Waals surface area contributed by atoms with Gasteiger partial charge < -0.3 is 24.6 Å². The number of amides is 4. The van der Waals surface area contributed by atoms with Crippen LogP contribution >= 0.6 is 0 Å². The molecule has 2 aromatic rings. The molecule has 36 heavy (non-hydrogen) atoms. The van der Waals surface area contributed by atoms with Gasteiger partial charge in [0.15, 0.2) is 11.5 Å². The average molecular weight is 494 g/mol. The summed E-state index contributed by atoms with van der Waals surface area (Å²) in [5, 5.41) is 6.15. The first-order valence-electron chi connectivity index (χ1n) is 11.7. The van der Waals surface area contributed by atoms with E-state index in [2.05, 4.69) is 11.9 Å². The molecule has 2 aliphatic heterocycles. The van der Waals surface area contributed by atoms with Gasteiger partial charge in [0.05, 0.1) is 27.3 Å². The number of hydrazine groups is 1. The summed E-state index contributed by atoms with van der Waals surface area (Å²) in [4.78, 5) is 42.5. The number of rotatable bonds is 8. The molecule has 2 heterocycles. The number of hydrogen-bond acceptors (Lipinski definition) is 6. The number of nitrogens with zero attached hydrogens (tertiary/aromatic N) is 4. The summed E-state index contributed by atoms with van der Waals surface area (Å²) in [6.07, 6.45) is 0.990. The molecule has 2 fully saturated rings. The molecule has 10 heteroatoms. The Morgan fingerprint density at radius 2 is 1.83 bits per heavy atom. The van der Waals surface area contributed by atoms with Crippen LogP contribution in [0.1, 0.15) is 11.1 Å². The molecule has 2 aromatic carbocycles. The number of nitrogens with one attached hydrogen (secondary N) is 1. The second-order valence-electron chi connectivity index (χ2n) is 8.55. The highest BCUT2D eigenvalue weighted by Crippen LogP contribution is 2.32. The molecule has 4 rings (SSSR count). The zero-order valence-corrected chi connectivity index (χ0v) is 20.6. The van der Waals surface area contributed by atoms with Crippen LogP contribution in [0.5, 0.6) is 11.5 Å². The van der Waals surface area contributed by atoms with Crippen molar-refractivity contribution in [3.63, 3.8) is 0 Å². The Labute approximate surface area is 210 Å².